The number of hydrogen-bond donors (Lipinski definition) is 1. The van der Waals surface area contributed by atoms with Crippen LogP contribution in [0, 0.1) is 11.7 Å². The summed E-state index contributed by atoms with van der Waals surface area (Å²) in [7, 11) is -3.81. The van der Waals surface area contributed by atoms with E-state index in [0.29, 0.717) is 17.1 Å². The summed E-state index contributed by atoms with van der Waals surface area (Å²) >= 11 is 6.45. The first-order valence-electron chi connectivity index (χ1n) is 13.5. The van der Waals surface area contributed by atoms with Gasteiger partial charge in [-0.3, -0.25) is 13.9 Å². The van der Waals surface area contributed by atoms with Crippen LogP contribution in [-0.4, -0.2) is 50.5 Å². The van der Waals surface area contributed by atoms with Gasteiger partial charge in [0, 0.05) is 37.5 Å². The smallest absolute Gasteiger partial charge is 0.243 e. The Labute approximate surface area is 247 Å². The Hall–Kier alpha value is -3.43. The Morgan fingerprint density at radius 1 is 0.951 bits per heavy atom. The highest BCUT2D eigenvalue weighted by molar-refractivity contribution is 7.92. The molecule has 0 aromatic heterocycles. The van der Waals surface area contributed by atoms with Gasteiger partial charge < -0.3 is 10.2 Å². The average Bonchev–Trinajstić information content (AvgIpc) is 2.93. The molecule has 3 aromatic rings. The van der Waals surface area contributed by atoms with Crippen molar-refractivity contribution < 1.29 is 22.4 Å². The zero-order valence-corrected chi connectivity index (χ0v) is 25.2. The summed E-state index contributed by atoms with van der Waals surface area (Å²) in [5.74, 6) is -1.08. The molecule has 1 atom stereocenters. The van der Waals surface area contributed by atoms with E-state index in [1.54, 1.807) is 24.3 Å². The van der Waals surface area contributed by atoms with Crippen LogP contribution in [0.4, 0.5) is 10.1 Å². The lowest BCUT2D eigenvalue weighted by atomic mass is 10.0. The topological polar surface area (TPSA) is 86.8 Å². The summed E-state index contributed by atoms with van der Waals surface area (Å²) in [6.07, 6.45) is 1.34. The van der Waals surface area contributed by atoms with Gasteiger partial charge in [0.1, 0.15) is 11.9 Å². The maximum Gasteiger partial charge on any atom is 0.243 e. The SMILES string of the molecule is CC(C)CNC(=O)[C@H](Cc1ccccc1)N(Cc1ccccc1Cl)C(=O)CCCN(c1ccccc1F)S(C)(=O)=O. The van der Waals surface area contributed by atoms with Gasteiger partial charge >= 0.3 is 0 Å². The lowest BCUT2D eigenvalue weighted by Crippen LogP contribution is -2.51. The Morgan fingerprint density at radius 2 is 1.59 bits per heavy atom. The number of rotatable bonds is 14. The van der Waals surface area contributed by atoms with E-state index in [4.69, 9.17) is 11.6 Å². The van der Waals surface area contributed by atoms with Crippen molar-refractivity contribution in [3.8, 4) is 0 Å². The number of carbonyl (C=O) groups excluding carboxylic acids is 2. The minimum Gasteiger partial charge on any atom is -0.354 e. The van der Waals surface area contributed by atoms with Crippen molar-refractivity contribution in [2.45, 2.75) is 45.7 Å². The highest BCUT2D eigenvalue weighted by Crippen LogP contribution is 2.24. The van der Waals surface area contributed by atoms with Crippen molar-refractivity contribution in [1.82, 2.24) is 10.2 Å². The molecule has 0 spiro atoms. The molecule has 0 unspecified atom stereocenters. The van der Waals surface area contributed by atoms with Crippen LogP contribution in [0.3, 0.4) is 0 Å². The predicted octanol–water partition coefficient (Wildman–Crippen LogP) is 5.44. The minimum atomic E-state index is -3.81. The van der Waals surface area contributed by atoms with Gasteiger partial charge in [0.15, 0.2) is 0 Å². The highest BCUT2D eigenvalue weighted by Gasteiger charge is 2.31. The molecule has 0 saturated carbocycles. The van der Waals surface area contributed by atoms with Crippen molar-refractivity contribution in [1.29, 1.82) is 0 Å². The third-order valence-corrected chi connectivity index (χ3v) is 8.08. The van der Waals surface area contributed by atoms with Crippen LogP contribution in [0.15, 0.2) is 78.9 Å². The normalized spacial score (nSPS) is 12.1. The number of para-hydroxylation sites is 1. The maximum absolute atomic E-state index is 14.5. The molecule has 0 fully saturated rings. The predicted molar refractivity (Wildman–Crippen MR) is 162 cm³/mol. The Kier molecular flexibility index (Phi) is 11.7. The van der Waals surface area contributed by atoms with Gasteiger partial charge in [-0.05, 0) is 41.7 Å². The molecule has 2 amide bonds. The molecule has 0 aliphatic heterocycles. The molecule has 41 heavy (non-hydrogen) atoms. The maximum atomic E-state index is 14.5. The van der Waals surface area contributed by atoms with E-state index < -0.39 is 21.9 Å². The van der Waals surface area contributed by atoms with Gasteiger partial charge in [0.2, 0.25) is 21.8 Å². The van der Waals surface area contributed by atoms with E-state index in [0.717, 1.165) is 16.1 Å². The molecular weight excluding hydrogens is 565 g/mol. The van der Waals surface area contributed by atoms with Gasteiger partial charge in [0.25, 0.3) is 0 Å². The number of anilines is 1. The largest absolute Gasteiger partial charge is 0.354 e. The summed E-state index contributed by atoms with van der Waals surface area (Å²) in [4.78, 5) is 28.9. The molecule has 1 N–H and O–H groups in total. The van der Waals surface area contributed by atoms with Gasteiger partial charge in [-0.2, -0.15) is 0 Å². The Bertz CT molecular complexity index is 1420. The summed E-state index contributed by atoms with van der Waals surface area (Å²) in [5.41, 5.74) is 1.49. The summed E-state index contributed by atoms with van der Waals surface area (Å²) in [5, 5.41) is 3.43. The fourth-order valence-electron chi connectivity index (χ4n) is 4.42. The van der Waals surface area contributed by atoms with Crippen LogP contribution in [-0.2, 0) is 32.6 Å². The molecule has 0 saturated heterocycles. The summed E-state index contributed by atoms with van der Waals surface area (Å²) in [6.45, 7) is 4.41. The number of nitrogens with zero attached hydrogens (tertiary/aromatic N) is 2. The van der Waals surface area contributed by atoms with Gasteiger partial charge in [-0.15, -0.1) is 0 Å². The zero-order valence-electron chi connectivity index (χ0n) is 23.6. The lowest BCUT2D eigenvalue weighted by Gasteiger charge is -2.32. The quantitative estimate of drug-likeness (QED) is 0.267. The van der Waals surface area contributed by atoms with Crippen molar-refractivity contribution in [3.05, 3.63) is 101 Å². The van der Waals surface area contributed by atoms with E-state index in [9.17, 15) is 22.4 Å². The van der Waals surface area contributed by atoms with E-state index in [1.165, 1.54) is 23.1 Å². The second-order valence-electron chi connectivity index (χ2n) is 10.3. The molecule has 0 heterocycles. The number of sulfonamides is 1. The van der Waals surface area contributed by atoms with Gasteiger partial charge in [-0.1, -0.05) is 86.1 Å². The number of hydrogen-bond acceptors (Lipinski definition) is 4. The molecule has 0 aliphatic carbocycles. The monoisotopic (exact) mass is 601 g/mol. The van der Waals surface area contributed by atoms with Crippen LogP contribution in [0.2, 0.25) is 5.02 Å². The van der Waals surface area contributed by atoms with Crippen LogP contribution < -0.4 is 9.62 Å². The first kappa shape index (κ1) is 32.1. The molecule has 0 bridgehead atoms. The summed E-state index contributed by atoms with van der Waals surface area (Å²) in [6, 6.07) is 21.3. The number of carbonyl (C=O) groups is 2. The number of nitrogens with one attached hydrogen (secondary N) is 1. The second-order valence-corrected chi connectivity index (χ2v) is 12.7. The Morgan fingerprint density at radius 3 is 2.22 bits per heavy atom. The molecular formula is C31H37ClFN3O4S. The van der Waals surface area contributed by atoms with Crippen molar-refractivity contribution in [3.63, 3.8) is 0 Å². The third kappa shape index (κ3) is 9.57. The lowest BCUT2D eigenvalue weighted by molar-refractivity contribution is -0.141. The third-order valence-electron chi connectivity index (χ3n) is 6.53. The van der Waals surface area contributed by atoms with Crippen LogP contribution in [0.5, 0.6) is 0 Å². The minimum absolute atomic E-state index is 0.0618. The molecule has 220 valence electrons. The van der Waals surface area contributed by atoms with Gasteiger partial charge in [-0.25, -0.2) is 12.8 Å². The molecule has 0 radical (unpaired) electrons. The fourth-order valence-corrected chi connectivity index (χ4v) is 5.58. The highest BCUT2D eigenvalue weighted by atomic mass is 35.5. The van der Waals surface area contributed by atoms with Crippen molar-refractivity contribution in [2.24, 2.45) is 5.92 Å². The molecule has 10 heteroatoms. The fraction of sp³-hybridized carbons (Fsp3) is 0.355. The first-order valence-corrected chi connectivity index (χ1v) is 15.8. The zero-order chi connectivity index (χ0) is 30.0. The van der Waals surface area contributed by atoms with E-state index in [1.807, 2.05) is 50.2 Å². The number of amides is 2. The molecule has 7 nitrogen and oxygen atoms in total. The second kappa shape index (κ2) is 15.0. The van der Waals surface area contributed by atoms with E-state index in [2.05, 4.69) is 5.32 Å². The van der Waals surface area contributed by atoms with Crippen molar-refractivity contribution >= 4 is 39.1 Å². The van der Waals surface area contributed by atoms with Crippen LogP contribution >= 0.6 is 11.6 Å². The standard InChI is InChI=1S/C31H37ClFN3O4S/c1-23(2)21-34-31(38)29(20-24-12-5-4-6-13-24)35(22-25-14-7-8-15-26(25)32)30(37)18-11-19-36(41(3,39)40)28-17-10-9-16-27(28)33/h4-10,12-17,23,29H,11,18-22H2,1-3H3,(H,34,38)/t29-/m0/s1. The molecule has 3 aromatic carbocycles. The van der Waals surface area contributed by atoms with Crippen LogP contribution in [0.25, 0.3) is 0 Å². The first-order chi connectivity index (χ1) is 19.5. The summed E-state index contributed by atoms with van der Waals surface area (Å²) < 4.78 is 40.4. The van der Waals surface area contributed by atoms with E-state index in [-0.39, 0.29) is 55.8 Å². The van der Waals surface area contributed by atoms with E-state index >= 15 is 0 Å². The Balaban J connectivity index is 1.90. The number of halogens is 2. The number of benzene rings is 3. The van der Waals surface area contributed by atoms with Crippen LogP contribution in [0.1, 0.15) is 37.8 Å². The van der Waals surface area contributed by atoms with Gasteiger partial charge in [0.05, 0.1) is 11.9 Å². The molecule has 0 aliphatic rings. The molecule has 3 rings (SSSR count). The van der Waals surface area contributed by atoms with Crippen molar-refractivity contribution in [2.75, 3.05) is 23.7 Å². The average molecular weight is 602 g/mol.